The standard InChI is InChI=1S/C10H19NO2/c1-9(10(12)13)5-8-11-6-3-2-4-7-11/h9H,2-8H2,1H3,(H,12,13). The minimum absolute atomic E-state index is 0.193. The third-order valence-electron chi connectivity index (χ3n) is 2.75. The SMILES string of the molecule is CC(CCN1CCCCC1)C(=O)O. The molecular weight excluding hydrogens is 166 g/mol. The van der Waals surface area contributed by atoms with Crippen LogP contribution in [0.3, 0.4) is 0 Å². The first-order valence-corrected chi connectivity index (χ1v) is 5.15. The first-order chi connectivity index (χ1) is 6.20. The largest absolute Gasteiger partial charge is 0.481 e. The molecule has 0 radical (unpaired) electrons. The van der Waals surface area contributed by atoms with Crippen molar-refractivity contribution >= 4 is 5.97 Å². The molecule has 0 amide bonds. The van der Waals surface area contributed by atoms with Gasteiger partial charge in [-0.2, -0.15) is 0 Å². The van der Waals surface area contributed by atoms with Crippen molar-refractivity contribution in [2.24, 2.45) is 5.92 Å². The maximum absolute atomic E-state index is 10.6. The van der Waals surface area contributed by atoms with E-state index in [1.165, 1.54) is 19.3 Å². The van der Waals surface area contributed by atoms with Crippen LogP contribution in [-0.4, -0.2) is 35.6 Å². The molecule has 1 rings (SSSR count). The van der Waals surface area contributed by atoms with Gasteiger partial charge in [-0.3, -0.25) is 4.79 Å². The summed E-state index contributed by atoms with van der Waals surface area (Å²) in [6.07, 6.45) is 4.68. The monoisotopic (exact) mass is 185 g/mol. The minimum atomic E-state index is -0.669. The predicted molar refractivity (Wildman–Crippen MR) is 51.7 cm³/mol. The van der Waals surface area contributed by atoms with Gasteiger partial charge < -0.3 is 10.0 Å². The Hall–Kier alpha value is -0.570. The maximum atomic E-state index is 10.6. The van der Waals surface area contributed by atoms with E-state index in [4.69, 9.17) is 5.11 Å². The van der Waals surface area contributed by atoms with Gasteiger partial charge in [0.1, 0.15) is 0 Å². The molecule has 13 heavy (non-hydrogen) atoms. The van der Waals surface area contributed by atoms with Crippen molar-refractivity contribution < 1.29 is 9.90 Å². The Morgan fingerprint density at radius 2 is 2.00 bits per heavy atom. The van der Waals surface area contributed by atoms with Crippen LogP contribution in [-0.2, 0) is 4.79 Å². The van der Waals surface area contributed by atoms with Crippen LogP contribution in [0.1, 0.15) is 32.6 Å². The normalized spacial score (nSPS) is 21.3. The fourth-order valence-corrected chi connectivity index (χ4v) is 1.68. The lowest BCUT2D eigenvalue weighted by molar-refractivity contribution is -0.141. The van der Waals surface area contributed by atoms with Crippen molar-refractivity contribution in [2.45, 2.75) is 32.6 Å². The topological polar surface area (TPSA) is 40.5 Å². The number of carboxylic acid groups (broad SMARTS) is 1. The molecule has 3 heteroatoms. The highest BCUT2D eigenvalue weighted by Gasteiger charge is 2.14. The lowest BCUT2D eigenvalue weighted by atomic mass is 10.1. The summed E-state index contributed by atoms with van der Waals surface area (Å²) in [6, 6.07) is 0. The van der Waals surface area contributed by atoms with Gasteiger partial charge in [-0.05, 0) is 38.9 Å². The molecule has 1 aliphatic heterocycles. The Morgan fingerprint density at radius 3 is 2.54 bits per heavy atom. The van der Waals surface area contributed by atoms with Crippen LogP contribution in [0.4, 0.5) is 0 Å². The van der Waals surface area contributed by atoms with E-state index in [1.54, 1.807) is 6.92 Å². The predicted octanol–water partition coefficient (Wildman–Crippen LogP) is 1.58. The third-order valence-corrected chi connectivity index (χ3v) is 2.75. The lowest BCUT2D eigenvalue weighted by Crippen LogP contribution is -2.32. The molecule has 0 aromatic carbocycles. The van der Waals surface area contributed by atoms with Crippen molar-refractivity contribution in [3.8, 4) is 0 Å². The van der Waals surface area contributed by atoms with Crippen molar-refractivity contribution in [3.05, 3.63) is 0 Å². The average Bonchev–Trinajstić information content (AvgIpc) is 2.15. The molecule has 0 saturated carbocycles. The second kappa shape index (κ2) is 5.22. The van der Waals surface area contributed by atoms with E-state index in [9.17, 15) is 4.79 Å². The van der Waals surface area contributed by atoms with E-state index in [0.717, 1.165) is 26.1 Å². The molecule has 0 aromatic rings. The number of likely N-dealkylation sites (tertiary alicyclic amines) is 1. The zero-order valence-corrected chi connectivity index (χ0v) is 8.33. The molecule has 1 atom stereocenters. The first kappa shape index (κ1) is 10.5. The lowest BCUT2D eigenvalue weighted by Gasteiger charge is -2.26. The molecule has 0 spiro atoms. The maximum Gasteiger partial charge on any atom is 0.306 e. The quantitative estimate of drug-likeness (QED) is 0.723. The summed E-state index contributed by atoms with van der Waals surface area (Å²) >= 11 is 0. The van der Waals surface area contributed by atoms with E-state index in [0.29, 0.717) is 0 Å². The van der Waals surface area contributed by atoms with Gasteiger partial charge >= 0.3 is 5.97 Å². The zero-order valence-electron chi connectivity index (χ0n) is 8.33. The van der Waals surface area contributed by atoms with Crippen molar-refractivity contribution in [3.63, 3.8) is 0 Å². The number of nitrogens with zero attached hydrogens (tertiary/aromatic N) is 1. The number of carbonyl (C=O) groups is 1. The molecule has 1 saturated heterocycles. The van der Waals surface area contributed by atoms with Crippen LogP contribution in [0.5, 0.6) is 0 Å². The number of rotatable bonds is 4. The van der Waals surface area contributed by atoms with Crippen LogP contribution >= 0.6 is 0 Å². The van der Waals surface area contributed by atoms with E-state index in [2.05, 4.69) is 4.90 Å². The molecule has 1 N–H and O–H groups in total. The molecule has 0 aromatic heterocycles. The second-order valence-electron chi connectivity index (χ2n) is 3.93. The van der Waals surface area contributed by atoms with Crippen molar-refractivity contribution in [1.82, 2.24) is 4.90 Å². The van der Waals surface area contributed by atoms with Gasteiger partial charge in [0.15, 0.2) is 0 Å². The molecule has 1 aliphatic rings. The molecule has 1 fully saturated rings. The van der Waals surface area contributed by atoms with Crippen molar-refractivity contribution in [1.29, 1.82) is 0 Å². The number of aliphatic carboxylic acids is 1. The van der Waals surface area contributed by atoms with Crippen LogP contribution in [0.2, 0.25) is 0 Å². The van der Waals surface area contributed by atoms with Crippen LogP contribution in [0, 0.1) is 5.92 Å². The summed E-state index contributed by atoms with van der Waals surface area (Å²) in [5.41, 5.74) is 0. The highest BCUT2D eigenvalue weighted by molar-refractivity contribution is 5.69. The van der Waals surface area contributed by atoms with Gasteiger partial charge in [-0.1, -0.05) is 13.3 Å². The second-order valence-corrected chi connectivity index (χ2v) is 3.93. The number of carboxylic acids is 1. The molecule has 1 heterocycles. The molecule has 3 nitrogen and oxygen atoms in total. The van der Waals surface area contributed by atoms with Crippen LogP contribution < -0.4 is 0 Å². The fourth-order valence-electron chi connectivity index (χ4n) is 1.68. The Balaban J connectivity index is 2.13. The highest BCUT2D eigenvalue weighted by Crippen LogP contribution is 2.11. The molecule has 1 unspecified atom stereocenters. The Bertz CT molecular complexity index is 164. The Kier molecular flexibility index (Phi) is 4.22. The third kappa shape index (κ3) is 3.77. The van der Waals surface area contributed by atoms with Gasteiger partial charge in [0.25, 0.3) is 0 Å². The first-order valence-electron chi connectivity index (χ1n) is 5.15. The molecule has 0 aliphatic carbocycles. The van der Waals surface area contributed by atoms with Crippen LogP contribution in [0.15, 0.2) is 0 Å². The van der Waals surface area contributed by atoms with E-state index in [1.807, 2.05) is 0 Å². The molecule has 0 bridgehead atoms. The highest BCUT2D eigenvalue weighted by atomic mass is 16.4. The van der Waals surface area contributed by atoms with Crippen molar-refractivity contribution in [2.75, 3.05) is 19.6 Å². The van der Waals surface area contributed by atoms with Gasteiger partial charge in [0.2, 0.25) is 0 Å². The van der Waals surface area contributed by atoms with E-state index in [-0.39, 0.29) is 5.92 Å². The summed E-state index contributed by atoms with van der Waals surface area (Å²) in [7, 11) is 0. The van der Waals surface area contributed by atoms with Gasteiger partial charge in [-0.15, -0.1) is 0 Å². The molecular formula is C10H19NO2. The summed E-state index contributed by atoms with van der Waals surface area (Å²) in [5, 5.41) is 8.69. The summed E-state index contributed by atoms with van der Waals surface area (Å²) in [6.45, 7) is 5.05. The Morgan fingerprint density at radius 1 is 1.38 bits per heavy atom. The molecule has 76 valence electrons. The fraction of sp³-hybridized carbons (Fsp3) is 0.900. The minimum Gasteiger partial charge on any atom is -0.481 e. The number of hydrogen-bond donors (Lipinski definition) is 1. The number of piperidine rings is 1. The summed E-state index contributed by atoms with van der Waals surface area (Å²) in [5.74, 6) is -0.862. The zero-order chi connectivity index (χ0) is 9.68. The smallest absolute Gasteiger partial charge is 0.306 e. The van der Waals surface area contributed by atoms with E-state index < -0.39 is 5.97 Å². The van der Waals surface area contributed by atoms with Gasteiger partial charge in [0.05, 0.1) is 5.92 Å². The average molecular weight is 185 g/mol. The van der Waals surface area contributed by atoms with Gasteiger partial charge in [-0.25, -0.2) is 0 Å². The van der Waals surface area contributed by atoms with Gasteiger partial charge in [0, 0.05) is 0 Å². The van der Waals surface area contributed by atoms with Crippen LogP contribution in [0.25, 0.3) is 0 Å². The summed E-state index contributed by atoms with van der Waals surface area (Å²) in [4.78, 5) is 12.9. The Labute approximate surface area is 79.7 Å². The number of hydrogen-bond acceptors (Lipinski definition) is 2. The summed E-state index contributed by atoms with van der Waals surface area (Å²) < 4.78 is 0. The van der Waals surface area contributed by atoms with E-state index >= 15 is 0 Å².